The van der Waals surface area contributed by atoms with Gasteiger partial charge in [-0.25, -0.2) is 13.4 Å². The Morgan fingerprint density at radius 1 is 1.21 bits per heavy atom. The number of anilines is 1. The molecule has 0 aliphatic rings. The molecule has 0 saturated carbocycles. The summed E-state index contributed by atoms with van der Waals surface area (Å²) < 4.78 is 26.8. The number of aryl methyl sites for hydroxylation is 2. The van der Waals surface area contributed by atoms with E-state index in [0.717, 1.165) is 11.3 Å². The Kier molecular flexibility index (Phi) is 6.16. The molecule has 11 heteroatoms. The van der Waals surface area contributed by atoms with Crippen LogP contribution in [0.5, 0.6) is 0 Å². The number of hydrogen-bond acceptors (Lipinski definition) is 8. The van der Waals surface area contributed by atoms with Gasteiger partial charge in [-0.1, -0.05) is 29.5 Å². The molecule has 28 heavy (non-hydrogen) atoms. The Labute approximate surface area is 171 Å². The molecule has 0 saturated heterocycles. The van der Waals surface area contributed by atoms with Crippen LogP contribution in [0.4, 0.5) is 5.13 Å². The van der Waals surface area contributed by atoms with Crippen molar-refractivity contribution in [3.63, 3.8) is 0 Å². The minimum Gasteiger partial charge on any atom is -0.308 e. The van der Waals surface area contributed by atoms with Gasteiger partial charge in [0.1, 0.15) is 11.6 Å². The molecular weight excluding hydrogens is 418 g/mol. The highest BCUT2D eigenvalue weighted by atomic mass is 32.2. The maximum absolute atomic E-state index is 12.6. The van der Waals surface area contributed by atoms with Gasteiger partial charge in [-0.05, 0) is 26.0 Å². The summed E-state index contributed by atoms with van der Waals surface area (Å²) >= 11 is 2.54. The summed E-state index contributed by atoms with van der Waals surface area (Å²) in [6.45, 7) is 3.75. The zero-order valence-corrected chi connectivity index (χ0v) is 18.0. The van der Waals surface area contributed by atoms with Gasteiger partial charge in [0.25, 0.3) is 0 Å². The van der Waals surface area contributed by atoms with Gasteiger partial charge in [-0.3, -0.25) is 4.79 Å². The number of carbonyl (C=O) groups is 1. The first-order valence-corrected chi connectivity index (χ1v) is 11.8. The fraction of sp³-hybridized carbons (Fsp3) is 0.294. The van der Waals surface area contributed by atoms with Crippen molar-refractivity contribution in [2.45, 2.75) is 29.7 Å². The monoisotopic (exact) mass is 437 g/mol. The van der Waals surface area contributed by atoms with E-state index in [-0.39, 0.29) is 22.3 Å². The van der Waals surface area contributed by atoms with Crippen LogP contribution in [-0.2, 0) is 27.4 Å². The van der Waals surface area contributed by atoms with Crippen molar-refractivity contribution in [1.82, 2.24) is 19.7 Å². The molecule has 0 bridgehead atoms. The molecule has 1 amide bonds. The molecule has 0 fully saturated rings. The third-order valence-electron chi connectivity index (χ3n) is 3.82. The van der Waals surface area contributed by atoms with Crippen LogP contribution in [0.25, 0.3) is 0 Å². The Morgan fingerprint density at radius 3 is 2.57 bits per heavy atom. The first kappa shape index (κ1) is 20.5. The average molecular weight is 438 g/mol. The van der Waals surface area contributed by atoms with Gasteiger partial charge in [0.15, 0.2) is 20.1 Å². The van der Waals surface area contributed by atoms with E-state index >= 15 is 0 Å². The van der Waals surface area contributed by atoms with Crippen LogP contribution in [0.15, 0.2) is 39.7 Å². The van der Waals surface area contributed by atoms with Crippen LogP contribution in [-0.4, -0.2) is 39.8 Å². The number of rotatable bonds is 7. The van der Waals surface area contributed by atoms with E-state index in [1.807, 2.05) is 19.2 Å². The second-order valence-electron chi connectivity index (χ2n) is 6.16. The largest absolute Gasteiger partial charge is 0.308 e. The topological polar surface area (TPSA) is 107 Å². The van der Waals surface area contributed by atoms with Crippen molar-refractivity contribution in [3.05, 3.63) is 46.7 Å². The summed E-state index contributed by atoms with van der Waals surface area (Å²) in [6, 6.07) is 6.68. The lowest BCUT2D eigenvalue weighted by molar-refractivity contribution is -0.113. The normalized spacial score (nSPS) is 11.5. The minimum absolute atomic E-state index is 0.120. The van der Waals surface area contributed by atoms with E-state index in [1.54, 1.807) is 35.9 Å². The number of amides is 1. The maximum Gasteiger partial charge on any atom is 0.236 e. The molecule has 1 aromatic carbocycles. The number of hydrogen-bond donors (Lipinski definition) is 1. The third kappa shape index (κ3) is 4.97. The number of carbonyl (C=O) groups excluding carboxylic acids is 1. The number of sulfone groups is 1. The predicted octanol–water partition coefficient (Wildman–Crippen LogP) is 2.59. The van der Waals surface area contributed by atoms with E-state index in [1.165, 1.54) is 23.1 Å². The van der Waals surface area contributed by atoms with Crippen molar-refractivity contribution in [3.8, 4) is 0 Å². The van der Waals surface area contributed by atoms with E-state index in [2.05, 4.69) is 20.5 Å². The van der Waals surface area contributed by atoms with E-state index in [9.17, 15) is 13.2 Å². The van der Waals surface area contributed by atoms with Crippen LogP contribution in [0.2, 0.25) is 0 Å². The molecule has 0 radical (unpaired) electrons. The summed E-state index contributed by atoms with van der Waals surface area (Å²) in [5, 5.41) is 13.6. The second-order valence-corrected chi connectivity index (χ2v) is 9.95. The highest BCUT2D eigenvalue weighted by molar-refractivity contribution is 7.99. The fourth-order valence-electron chi connectivity index (χ4n) is 2.29. The fourth-order valence-corrected chi connectivity index (χ4v) is 5.04. The molecule has 148 valence electrons. The van der Waals surface area contributed by atoms with E-state index < -0.39 is 9.84 Å². The van der Waals surface area contributed by atoms with Gasteiger partial charge in [-0.15, -0.1) is 21.5 Å². The SMILES string of the molecule is Cc1ccc(S(=O)(=O)Cc2nnc(SCC(=O)Nc3nc(C)cs3)n2C)cc1. The van der Waals surface area contributed by atoms with Gasteiger partial charge in [-0.2, -0.15) is 0 Å². The Bertz CT molecular complexity index is 1090. The first-order chi connectivity index (χ1) is 13.2. The lowest BCUT2D eigenvalue weighted by Gasteiger charge is -2.06. The van der Waals surface area contributed by atoms with Gasteiger partial charge < -0.3 is 9.88 Å². The van der Waals surface area contributed by atoms with Crippen molar-refractivity contribution in [2.24, 2.45) is 7.05 Å². The molecule has 0 spiro atoms. The quantitative estimate of drug-likeness (QED) is 0.566. The number of nitrogens with zero attached hydrogens (tertiary/aromatic N) is 4. The average Bonchev–Trinajstić information content (AvgIpc) is 3.19. The molecule has 2 heterocycles. The van der Waals surface area contributed by atoms with Crippen LogP contribution >= 0.6 is 23.1 Å². The summed E-state index contributed by atoms with van der Waals surface area (Å²) in [6.07, 6.45) is 0. The number of thioether (sulfide) groups is 1. The molecule has 3 aromatic rings. The molecule has 0 aliphatic heterocycles. The molecule has 3 rings (SSSR count). The van der Waals surface area contributed by atoms with Gasteiger partial charge in [0.05, 0.1) is 16.3 Å². The number of benzene rings is 1. The Morgan fingerprint density at radius 2 is 1.93 bits per heavy atom. The molecular formula is C17H19N5O3S3. The van der Waals surface area contributed by atoms with Gasteiger partial charge >= 0.3 is 0 Å². The highest BCUT2D eigenvalue weighted by Gasteiger charge is 2.20. The summed E-state index contributed by atoms with van der Waals surface area (Å²) in [5.74, 6) is -0.0322. The van der Waals surface area contributed by atoms with Crippen LogP contribution in [0, 0.1) is 13.8 Å². The second kappa shape index (κ2) is 8.41. The van der Waals surface area contributed by atoms with E-state index in [0.29, 0.717) is 16.1 Å². The number of nitrogens with one attached hydrogen (secondary N) is 1. The van der Waals surface area contributed by atoms with Crippen molar-refractivity contribution < 1.29 is 13.2 Å². The maximum atomic E-state index is 12.6. The standard InChI is InChI=1S/C17H19N5O3S3/c1-11-4-6-13(7-5-11)28(24,25)10-14-20-21-17(22(14)3)27-9-15(23)19-16-18-12(2)8-26-16/h4-8H,9-10H2,1-3H3,(H,18,19,23). The zero-order chi connectivity index (χ0) is 20.3. The first-order valence-electron chi connectivity index (χ1n) is 8.27. The van der Waals surface area contributed by atoms with Crippen LogP contribution in [0.1, 0.15) is 17.1 Å². The summed E-state index contributed by atoms with van der Waals surface area (Å²) in [5.41, 5.74) is 1.84. The van der Waals surface area contributed by atoms with Crippen molar-refractivity contribution >= 4 is 44.0 Å². The van der Waals surface area contributed by atoms with Crippen molar-refractivity contribution in [1.29, 1.82) is 0 Å². The van der Waals surface area contributed by atoms with Gasteiger partial charge in [0, 0.05) is 12.4 Å². The van der Waals surface area contributed by atoms with Gasteiger partial charge in [0.2, 0.25) is 5.91 Å². The third-order valence-corrected chi connectivity index (χ3v) is 7.35. The molecule has 1 N–H and O–H groups in total. The minimum atomic E-state index is -3.53. The summed E-state index contributed by atoms with van der Waals surface area (Å²) in [7, 11) is -1.84. The number of thiazole rings is 1. The molecule has 0 atom stereocenters. The lowest BCUT2D eigenvalue weighted by atomic mass is 10.2. The predicted molar refractivity (Wildman–Crippen MR) is 109 cm³/mol. The Hall–Kier alpha value is -2.24. The molecule has 8 nitrogen and oxygen atoms in total. The van der Waals surface area contributed by atoms with Crippen LogP contribution < -0.4 is 5.32 Å². The number of aromatic nitrogens is 4. The van der Waals surface area contributed by atoms with Crippen molar-refractivity contribution in [2.75, 3.05) is 11.1 Å². The molecule has 0 unspecified atom stereocenters. The highest BCUT2D eigenvalue weighted by Crippen LogP contribution is 2.21. The smallest absolute Gasteiger partial charge is 0.236 e. The van der Waals surface area contributed by atoms with Crippen LogP contribution in [0.3, 0.4) is 0 Å². The lowest BCUT2D eigenvalue weighted by Crippen LogP contribution is -2.14. The molecule has 2 aromatic heterocycles. The molecule has 0 aliphatic carbocycles. The summed E-state index contributed by atoms with van der Waals surface area (Å²) in [4.78, 5) is 16.5. The van der Waals surface area contributed by atoms with E-state index in [4.69, 9.17) is 0 Å². The zero-order valence-electron chi connectivity index (χ0n) is 15.5. The Balaban J connectivity index is 1.63.